The Morgan fingerprint density at radius 1 is 1.13 bits per heavy atom. The fourth-order valence-electron chi connectivity index (χ4n) is 5.71. The van der Waals surface area contributed by atoms with E-state index in [1.54, 1.807) is 0 Å². The van der Waals surface area contributed by atoms with Crippen molar-refractivity contribution in [2.75, 3.05) is 5.32 Å². The molecule has 6 rings (SSSR count). The molecule has 2 bridgehead atoms. The van der Waals surface area contributed by atoms with Crippen LogP contribution in [0.4, 0.5) is 5.69 Å². The predicted molar refractivity (Wildman–Crippen MR) is 148 cm³/mol. The Morgan fingerprint density at radius 2 is 1.95 bits per heavy atom. The Kier molecular flexibility index (Phi) is 5.99. The van der Waals surface area contributed by atoms with Gasteiger partial charge in [0, 0.05) is 24.2 Å². The molecule has 3 atom stereocenters. The molecule has 2 unspecified atom stereocenters. The first-order valence-corrected chi connectivity index (χ1v) is 13.3. The number of carbonyl (C=O) groups excluding carboxylic acids is 1. The quantitative estimate of drug-likeness (QED) is 0.387. The van der Waals surface area contributed by atoms with Crippen molar-refractivity contribution >= 4 is 23.2 Å². The van der Waals surface area contributed by atoms with Crippen molar-refractivity contribution < 1.29 is 19.1 Å². The summed E-state index contributed by atoms with van der Waals surface area (Å²) in [5.74, 6) is 0.611. The van der Waals surface area contributed by atoms with E-state index in [-0.39, 0.29) is 24.2 Å². The zero-order chi connectivity index (χ0) is 27.4. The van der Waals surface area contributed by atoms with Crippen molar-refractivity contribution in [3.8, 4) is 5.75 Å². The molecule has 202 valence electrons. The summed E-state index contributed by atoms with van der Waals surface area (Å²) in [5, 5.41) is 18.0. The molecule has 9 heteroatoms. The van der Waals surface area contributed by atoms with Gasteiger partial charge in [-0.1, -0.05) is 51.1 Å². The molecule has 0 saturated carbocycles. The zero-order valence-electron chi connectivity index (χ0n) is 22.3. The minimum absolute atomic E-state index is 0.143. The van der Waals surface area contributed by atoms with Crippen molar-refractivity contribution in [2.45, 2.75) is 64.3 Å². The van der Waals surface area contributed by atoms with E-state index in [0.29, 0.717) is 24.2 Å². The lowest BCUT2D eigenvalue weighted by molar-refractivity contribution is -0.122. The lowest BCUT2D eigenvalue weighted by atomic mass is 9.74. The molecule has 1 spiro atoms. The van der Waals surface area contributed by atoms with E-state index in [4.69, 9.17) is 19.9 Å². The van der Waals surface area contributed by atoms with Gasteiger partial charge in [-0.3, -0.25) is 4.79 Å². The van der Waals surface area contributed by atoms with Gasteiger partial charge in [0.05, 0.1) is 5.69 Å². The number of aryl methyl sites for hydroxylation is 1. The first-order valence-electron chi connectivity index (χ1n) is 13.3. The van der Waals surface area contributed by atoms with Crippen LogP contribution in [0.1, 0.15) is 61.9 Å². The summed E-state index contributed by atoms with van der Waals surface area (Å²) in [7, 11) is 0. The maximum Gasteiger partial charge on any atom is 0.245 e. The number of rotatable bonds is 2. The number of aliphatic hydroxyl groups is 1. The third-order valence-electron chi connectivity index (χ3n) is 7.69. The average Bonchev–Trinajstić information content (AvgIpc) is 3.57. The van der Waals surface area contributed by atoms with Gasteiger partial charge >= 0.3 is 0 Å². The van der Waals surface area contributed by atoms with Crippen LogP contribution in [0, 0.1) is 5.41 Å². The number of hydrogen-bond donors (Lipinski definition) is 4. The molecule has 3 aliphatic heterocycles. The SMILES string of the molecule is CC(C)(C)C1NC(=O)CCCc2ccc3c(c2)[C@]2(/C=C(c4nc(CN)co4)/N=C/1O)c1ccccc1NC2O3. The van der Waals surface area contributed by atoms with Crippen LogP contribution in [-0.4, -0.2) is 34.2 Å². The van der Waals surface area contributed by atoms with Crippen LogP contribution in [0.15, 0.2) is 64.2 Å². The molecule has 1 aromatic heterocycles. The fourth-order valence-corrected chi connectivity index (χ4v) is 5.71. The Bertz CT molecular complexity index is 1500. The van der Waals surface area contributed by atoms with Crippen LogP contribution in [0.5, 0.6) is 5.75 Å². The predicted octanol–water partition coefficient (Wildman–Crippen LogP) is 4.43. The van der Waals surface area contributed by atoms with Crippen LogP contribution in [0.25, 0.3) is 5.70 Å². The van der Waals surface area contributed by atoms with E-state index in [1.165, 1.54) is 6.26 Å². The van der Waals surface area contributed by atoms with Gasteiger partial charge in [0.15, 0.2) is 6.23 Å². The topological polar surface area (TPSA) is 135 Å². The molecule has 2 aromatic carbocycles. The van der Waals surface area contributed by atoms with Crippen LogP contribution in [0.3, 0.4) is 0 Å². The summed E-state index contributed by atoms with van der Waals surface area (Å²) in [6.07, 6.45) is 4.74. The number of ether oxygens (including phenoxy) is 1. The van der Waals surface area contributed by atoms with Crippen molar-refractivity contribution in [3.63, 3.8) is 0 Å². The van der Waals surface area contributed by atoms with Gasteiger partial charge < -0.3 is 30.6 Å². The normalized spacial score (nSPS) is 27.0. The smallest absolute Gasteiger partial charge is 0.245 e. The minimum Gasteiger partial charge on any atom is -0.495 e. The number of aromatic nitrogens is 1. The monoisotopic (exact) mass is 527 g/mol. The molecule has 3 aromatic rings. The van der Waals surface area contributed by atoms with E-state index in [9.17, 15) is 9.90 Å². The number of anilines is 1. The molecule has 5 N–H and O–H groups in total. The molecular weight excluding hydrogens is 494 g/mol. The summed E-state index contributed by atoms with van der Waals surface area (Å²) in [5.41, 5.74) is 9.50. The highest BCUT2D eigenvalue weighted by Crippen LogP contribution is 2.55. The van der Waals surface area contributed by atoms with Gasteiger partial charge in [-0.2, -0.15) is 0 Å². The maximum absolute atomic E-state index is 12.9. The number of oxazole rings is 1. The van der Waals surface area contributed by atoms with Gasteiger partial charge in [0.1, 0.15) is 29.2 Å². The number of carbonyl (C=O) groups is 1. The number of nitrogens with zero attached hydrogens (tertiary/aromatic N) is 2. The summed E-state index contributed by atoms with van der Waals surface area (Å²) in [4.78, 5) is 22.2. The number of aliphatic hydroxyl groups excluding tert-OH is 1. The number of hydrogen-bond acceptors (Lipinski definition) is 7. The first-order chi connectivity index (χ1) is 18.7. The lowest BCUT2D eigenvalue weighted by Gasteiger charge is -2.30. The molecule has 3 aliphatic rings. The molecule has 1 amide bonds. The van der Waals surface area contributed by atoms with E-state index >= 15 is 0 Å². The number of fused-ring (bicyclic) bond motifs is 2. The summed E-state index contributed by atoms with van der Waals surface area (Å²) >= 11 is 0. The largest absolute Gasteiger partial charge is 0.495 e. The van der Waals surface area contributed by atoms with Gasteiger partial charge in [-0.25, -0.2) is 9.98 Å². The Hall–Kier alpha value is -4.11. The Morgan fingerprint density at radius 3 is 2.72 bits per heavy atom. The van der Waals surface area contributed by atoms with Crippen LogP contribution in [-0.2, 0) is 23.2 Å². The van der Waals surface area contributed by atoms with Gasteiger partial charge in [0.2, 0.25) is 17.7 Å². The molecule has 9 nitrogen and oxygen atoms in total. The molecular formula is C30H33N5O4. The summed E-state index contributed by atoms with van der Waals surface area (Å²) in [6.45, 7) is 6.03. The van der Waals surface area contributed by atoms with Crippen LogP contribution < -0.4 is 21.1 Å². The zero-order valence-corrected chi connectivity index (χ0v) is 22.3. The van der Waals surface area contributed by atoms with Crippen molar-refractivity contribution in [2.24, 2.45) is 16.1 Å². The maximum atomic E-state index is 12.9. The molecule has 0 fully saturated rings. The highest BCUT2D eigenvalue weighted by Gasteiger charge is 2.55. The van der Waals surface area contributed by atoms with E-state index in [1.807, 2.05) is 51.1 Å². The highest BCUT2D eigenvalue weighted by atomic mass is 16.5. The number of para-hydroxylation sites is 1. The Labute approximate surface area is 227 Å². The third-order valence-corrected chi connectivity index (χ3v) is 7.69. The molecule has 0 aliphatic carbocycles. The number of amides is 1. The van der Waals surface area contributed by atoms with Crippen LogP contribution >= 0.6 is 0 Å². The third kappa shape index (κ3) is 4.27. The number of nitrogens with two attached hydrogens (primary N) is 1. The van der Waals surface area contributed by atoms with Crippen LogP contribution in [0.2, 0.25) is 0 Å². The second-order valence-corrected chi connectivity index (χ2v) is 11.5. The van der Waals surface area contributed by atoms with Gasteiger partial charge in [-0.05, 0) is 47.6 Å². The fraction of sp³-hybridized carbons (Fsp3) is 0.367. The summed E-state index contributed by atoms with van der Waals surface area (Å²) in [6, 6.07) is 13.6. The Balaban J connectivity index is 1.64. The highest BCUT2D eigenvalue weighted by molar-refractivity contribution is 5.91. The van der Waals surface area contributed by atoms with E-state index in [2.05, 4.69) is 33.8 Å². The van der Waals surface area contributed by atoms with Crippen molar-refractivity contribution in [3.05, 3.63) is 83.1 Å². The van der Waals surface area contributed by atoms with Gasteiger partial charge in [-0.15, -0.1) is 0 Å². The van der Waals surface area contributed by atoms with E-state index in [0.717, 1.165) is 34.5 Å². The van der Waals surface area contributed by atoms with E-state index < -0.39 is 23.1 Å². The number of nitrogens with one attached hydrogen (secondary N) is 2. The number of benzene rings is 2. The standard InChI is InChI=1S/C30H33N5O4/c1-29(2,3)25-26(37)33-22(27-32-18(15-31)16-38-27)14-30-19-8-4-5-9-21(19)34-28(30)39-23-12-11-17(13-20(23)30)7-6-10-24(36)35-25/h4-5,8-9,11-14,16,25,28,34H,6-7,10,15,31H2,1-3H3,(H,33,37)(H,35,36)/b22-14+/t25?,28?,30-/m0/s1. The second kappa shape index (κ2) is 9.27. The lowest BCUT2D eigenvalue weighted by Crippen LogP contribution is -2.49. The summed E-state index contributed by atoms with van der Waals surface area (Å²) < 4.78 is 12.3. The first kappa shape index (κ1) is 25.2. The average molecular weight is 528 g/mol. The molecule has 0 radical (unpaired) electrons. The molecule has 0 saturated heterocycles. The minimum atomic E-state index is -0.775. The number of aliphatic imine (C=N–C) groups is 1. The van der Waals surface area contributed by atoms with Crippen molar-refractivity contribution in [1.82, 2.24) is 10.3 Å². The van der Waals surface area contributed by atoms with Gasteiger partial charge in [0.25, 0.3) is 0 Å². The second-order valence-electron chi connectivity index (χ2n) is 11.5. The molecule has 4 heterocycles. The van der Waals surface area contributed by atoms with Crippen molar-refractivity contribution in [1.29, 1.82) is 0 Å². The molecule has 39 heavy (non-hydrogen) atoms.